The summed E-state index contributed by atoms with van der Waals surface area (Å²) in [6.07, 6.45) is 6.34. The van der Waals surface area contributed by atoms with E-state index in [1.54, 1.807) is 12.4 Å². The summed E-state index contributed by atoms with van der Waals surface area (Å²) in [5.74, 6) is 0.941. The Morgan fingerprint density at radius 2 is 1.88 bits per heavy atom. The zero-order chi connectivity index (χ0) is 17.9. The van der Waals surface area contributed by atoms with Crippen molar-refractivity contribution in [3.8, 4) is 0 Å². The number of aromatic amines is 1. The van der Waals surface area contributed by atoms with Gasteiger partial charge in [-0.05, 0) is 18.1 Å². The van der Waals surface area contributed by atoms with Crippen LogP contribution in [0.2, 0.25) is 0 Å². The van der Waals surface area contributed by atoms with Gasteiger partial charge in [-0.1, -0.05) is 25.1 Å². The number of rotatable bonds is 5. The molecule has 6 nitrogen and oxygen atoms in total. The maximum absolute atomic E-state index is 12.8. The lowest BCUT2D eigenvalue weighted by Gasteiger charge is -2.34. The van der Waals surface area contributed by atoms with E-state index in [1.165, 1.54) is 5.56 Å². The third kappa shape index (κ3) is 3.20. The molecule has 1 aromatic carbocycles. The molecule has 4 rings (SSSR count). The standard InChI is InChI=1S/C20H23N5O/c1-2-15-5-3-6-16-17(13-23-19(15)16)18(26)14-24-9-11-25(12-10-24)20-21-7-4-8-22-20/h3-8,13,23H,2,9-12,14H2,1H3. The monoisotopic (exact) mass is 349 g/mol. The second-order valence-electron chi connectivity index (χ2n) is 6.63. The second kappa shape index (κ2) is 7.25. The average molecular weight is 349 g/mol. The smallest absolute Gasteiger partial charge is 0.225 e. The van der Waals surface area contributed by atoms with Crippen LogP contribution in [0.25, 0.3) is 10.9 Å². The van der Waals surface area contributed by atoms with Gasteiger partial charge in [-0.3, -0.25) is 9.69 Å². The fraction of sp³-hybridized carbons (Fsp3) is 0.350. The molecule has 0 atom stereocenters. The van der Waals surface area contributed by atoms with Crippen molar-refractivity contribution >= 4 is 22.6 Å². The minimum atomic E-state index is 0.175. The van der Waals surface area contributed by atoms with Crippen LogP contribution in [0.1, 0.15) is 22.8 Å². The number of para-hydroxylation sites is 1. The van der Waals surface area contributed by atoms with Crippen molar-refractivity contribution < 1.29 is 4.79 Å². The van der Waals surface area contributed by atoms with Crippen molar-refractivity contribution in [1.29, 1.82) is 0 Å². The van der Waals surface area contributed by atoms with Crippen LogP contribution in [-0.2, 0) is 6.42 Å². The highest BCUT2D eigenvalue weighted by Gasteiger charge is 2.22. The van der Waals surface area contributed by atoms with Crippen molar-refractivity contribution in [2.45, 2.75) is 13.3 Å². The number of nitrogens with one attached hydrogen (secondary N) is 1. The largest absolute Gasteiger partial charge is 0.360 e. The molecule has 1 aliphatic rings. The molecule has 0 saturated carbocycles. The number of carbonyl (C=O) groups is 1. The fourth-order valence-corrected chi connectivity index (χ4v) is 3.59. The van der Waals surface area contributed by atoms with Crippen molar-refractivity contribution in [1.82, 2.24) is 19.9 Å². The van der Waals surface area contributed by atoms with Crippen LogP contribution < -0.4 is 4.90 Å². The van der Waals surface area contributed by atoms with E-state index in [0.717, 1.165) is 55.0 Å². The molecule has 2 aromatic heterocycles. The molecule has 0 radical (unpaired) electrons. The van der Waals surface area contributed by atoms with Gasteiger partial charge in [0.2, 0.25) is 5.95 Å². The van der Waals surface area contributed by atoms with Crippen molar-refractivity contribution in [3.63, 3.8) is 0 Å². The van der Waals surface area contributed by atoms with Gasteiger partial charge in [0.1, 0.15) is 0 Å². The first-order valence-electron chi connectivity index (χ1n) is 9.12. The summed E-state index contributed by atoms with van der Waals surface area (Å²) in [6.45, 7) is 5.94. The van der Waals surface area contributed by atoms with Gasteiger partial charge in [0, 0.05) is 61.2 Å². The lowest BCUT2D eigenvalue weighted by atomic mass is 10.0. The Kier molecular flexibility index (Phi) is 4.67. The molecule has 134 valence electrons. The van der Waals surface area contributed by atoms with Gasteiger partial charge in [0.25, 0.3) is 0 Å². The molecule has 3 heterocycles. The third-order valence-electron chi connectivity index (χ3n) is 5.06. The minimum absolute atomic E-state index is 0.175. The van der Waals surface area contributed by atoms with E-state index in [9.17, 15) is 4.79 Å². The molecule has 0 unspecified atom stereocenters. The summed E-state index contributed by atoms with van der Waals surface area (Å²) >= 11 is 0. The molecule has 1 N–H and O–H groups in total. The number of benzene rings is 1. The Bertz CT molecular complexity index is 897. The number of piperazine rings is 1. The summed E-state index contributed by atoms with van der Waals surface area (Å²) < 4.78 is 0. The molecule has 6 heteroatoms. The van der Waals surface area contributed by atoms with Crippen molar-refractivity contribution in [2.75, 3.05) is 37.6 Å². The Morgan fingerprint density at radius 1 is 1.12 bits per heavy atom. The predicted molar refractivity (Wildman–Crippen MR) is 103 cm³/mol. The quantitative estimate of drug-likeness (QED) is 0.717. The molecule has 1 saturated heterocycles. The number of aromatic nitrogens is 3. The van der Waals surface area contributed by atoms with E-state index < -0.39 is 0 Å². The van der Waals surface area contributed by atoms with Crippen LogP contribution in [0.4, 0.5) is 5.95 Å². The van der Waals surface area contributed by atoms with Gasteiger partial charge in [-0.2, -0.15) is 0 Å². The number of Topliss-reactive ketones (excluding diaryl/α,β-unsaturated/α-hetero) is 1. The fourth-order valence-electron chi connectivity index (χ4n) is 3.59. The van der Waals surface area contributed by atoms with Crippen LogP contribution in [0.5, 0.6) is 0 Å². The van der Waals surface area contributed by atoms with Gasteiger partial charge >= 0.3 is 0 Å². The maximum Gasteiger partial charge on any atom is 0.225 e. The molecule has 0 amide bonds. The molecular weight excluding hydrogens is 326 g/mol. The lowest BCUT2D eigenvalue weighted by Crippen LogP contribution is -2.48. The van der Waals surface area contributed by atoms with Gasteiger partial charge in [0.05, 0.1) is 6.54 Å². The number of fused-ring (bicyclic) bond motifs is 1. The summed E-state index contributed by atoms with van der Waals surface area (Å²) in [5, 5.41) is 1.03. The lowest BCUT2D eigenvalue weighted by molar-refractivity contribution is 0.0928. The molecule has 0 spiro atoms. The topological polar surface area (TPSA) is 65.1 Å². The minimum Gasteiger partial charge on any atom is -0.360 e. The first kappa shape index (κ1) is 16.7. The number of ketones is 1. The molecule has 1 aliphatic heterocycles. The summed E-state index contributed by atoms with van der Waals surface area (Å²) in [4.78, 5) is 29.1. The highest BCUT2D eigenvalue weighted by atomic mass is 16.1. The van der Waals surface area contributed by atoms with Gasteiger partial charge in [0.15, 0.2) is 5.78 Å². The molecular formula is C20H23N5O. The number of carbonyl (C=O) groups excluding carboxylic acids is 1. The Hall–Kier alpha value is -2.73. The Balaban J connectivity index is 1.42. The maximum atomic E-state index is 12.8. The van der Waals surface area contributed by atoms with E-state index in [4.69, 9.17) is 0 Å². The number of hydrogen-bond acceptors (Lipinski definition) is 5. The number of nitrogens with zero attached hydrogens (tertiary/aromatic N) is 4. The highest BCUT2D eigenvalue weighted by molar-refractivity contribution is 6.09. The van der Waals surface area contributed by atoms with Crippen LogP contribution in [0.15, 0.2) is 42.9 Å². The average Bonchev–Trinajstić information content (AvgIpc) is 3.13. The van der Waals surface area contributed by atoms with Gasteiger partial charge < -0.3 is 9.88 Å². The van der Waals surface area contributed by atoms with E-state index in [-0.39, 0.29) is 5.78 Å². The van der Waals surface area contributed by atoms with Crippen LogP contribution in [-0.4, -0.2) is 58.4 Å². The second-order valence-corrected chi connectivity index (χ2v) is 6.63. The first-order chi connectivity index (χ1) is 12.8. The molecule has 3 aromatic rings. The molecule has 0 bridgehead atoms. The molecule has 0 aliphatic carbocycles. The molecule has 1 fully saturated rings. The number of H-pyrrole nitrogens is 1. The number of hydrogen-bond donors (Lipinski definition) is 1. The van der Waals surface area contributed by atoms with E-state index in [2.05, 4.69) is 37.7 Å². The van der Waals surface area contributed by atoms with Crippen LogP contribution >= 0.6 is 0 Å². The van der Waals surface area contributed by atoms with Gasteiger partial charge in [-0.25, -0.2) is 9.97 Å². The van der Waals surface area contributed by atoms with Gasteiger partial charge in [-0.15, -0.1) is 0 Å². The summed E-state index contributed by atoms with van der Waals surface area (Å²) in [6, 6.07) is 7.99. The molecule has 26 heavy (non-hydrogen) atoms. The Morgan fingerprint density at radius 3 is 2.62 bits per heavy atom. The first-order valence-corrected chi connectivity index (χ1v) is 9.12. The third-order valence-corrected chi connectivity index (χ3v) is 5.06. The number of aryl methyl sites for hydroxylation is 1. The zero-order valence-electron chi connectivity index (χ0n) is 15.0. The Labute approximate surface area is 152 Å². The van der Waals surface area contributed by atoms with Crippen LogP contribution in [0.3, 0.4) is 0 Å². The van der Waals surface area contributed by atoms with E-state index in [1.807, 2.05) is 24.4 Å². The summed E-state index contributed by atoms with van der Waals surface area (Å²) in [7, 11) is 0. The zero-order valence-corrected chi connectivity index (χ0v) is 15.0. The SMILES string of the molecule is CCc1cccc2c(C(=O)CN3CCN(c4ncccn4)CC3)c[nH]c12. The van der Waals surface area contributed by atoms with E-state index in [0.29, 0.717) is 6.54 Å². The normalized spacial score (nSPS) is 15.5. The van der Waals surface area contributed by atoms with E-state index >= 15 is 0 Å². The predicted octanol–water partition coefficient (Wildman–Crippen LogP) is 2.53. The number of anilines is 1. The van der Waals surface area contributed by atoms with Crippen LogP contribution in [0, 0.1) is 0 Å². The van der Waals surface area contributed by atoms with Crippen molar-refractivity contribution in [2.24, 2.45) is 0 Å². The van der Waals surface area contributed by atoms with Crippen molar-refractivity contribution in [3.05, 3.63) is 54.0 Å². The summed E-state index contributed by atoms with van der Waals surface area (Å²) in [5.41, 5.74) is 3.13. The highest BCUT2D eigenvalue weighted by Crippen LogP contribution is 2.23.